The first-order valence-corrected chi connectivity index (χ1v) is 9.15. The molecule has 2 aromatic heterocycles. The van der Waals surface area contributed by atoms with Gasteiger partial charge < -0.3 is 26.5 Å². The second-order valence-electron chi connectivity index (χ2n) is 9.02. The molecule has 0 atom stereocenters. The number of aromatic nitrogens is 3. The number of rotatable bonds is 3. The summed E-state index contributed by atoms with van der Waals surface area (Å²) in [7, 11) is 0. The number of hydrogen-bond acceptors (Lipinski definition) is 5. The molecule has 3 aromatic rings. The molecule has 0 fully saturated rings. The number of benzene rings is 1. The van der Waals surface area contributed by atoms with E-state index in [1.807, 2.05) is 0 Å². The number of nitrogen functional groups attached to an aromatic ring is 1. The lowest BCUT2D eigenvalue weighted by molar-refractivity contribution is 0.102. The van der Waals surface area contributed by atoms with Gasteiger partial charge in [0.25, 0.3) is 5.91 Å². The maximum atomic E-state index is 12.8. The van der Waals surface area contributed by atoms with Crippen LogP contribution in [0.1, 0.15) is 57.6 Å². The Labute approximate surface area is 164 Å². The summed E-state index contributed by atoms with van der Waals surface area (Å²) in [5.41, 5.74) is 7.94. The van der Waals surface area contributed by atoms with Gasteiger partial charge in [-0.2, -0.15) is 9.61 Å². The second-order valence-corrected chi connectivity index (χ2v) is 9.02. The van der Waals surface area contributed by atoms with Gasteiger partial charge in [-0.05, 0) is 32.9 Å². The van der Waals surface area contributed by atoms with Gasteiger partial charge in [-0.3, -0.25) is 4.79 Å². The summed E-state index contributed by atoms with van der Waals surface area (Å²) in [6.07, 6.45) is 1.53. The van der Waals surface area contributed by atoms with E-state index in [-0.39, 0.29) is 28.3 Å². The third kappa shape index (κ3) is 3.76. The minimum atomic E-state index is -0.330. The number of fused-ring (bicyclic) bond motifs is 1. The van der Waals surface area contributed by atoms with Gasteiger partial charge in [0.2, 0.25) is 0 Å². The second kappa shape index (κ2) is 6.47. The van der Waals surface area contributed by atoms with Crippen LogP contribution in [-0.4, -0.2) is 31.2 Å². The van der Waals surface area contributed by atoms with Gasteiger partial charge >= 0.3 is 0 Å². The highest BCUT2D eigenvalue weighted by Gasteiger charge is 2.28. The quantitative estimate of drug-likeness (QED) is 0.348. The van der Waals surface area contributed by atoms with Crippen LogP contribution in [0.25, 0.3) is 5.65 Å². The van der Waals surface area contributed by atoms with Crippen LogP contribution in [0.3, 0.4) is 0 Å². The molecule has 0 bridgehead atoms. The number of aromatic amines is 1. The number of imidazole rings is 1. The fraction of sp³-hybridized carbons (Fsp3) is 0.400. The van der Waals surface area contributed by atoms with E-state index < -0.39 is 0 Å². The Kier molecular flexibility index (Phi) is 4.53. The molecule has 2 heterocycles. The first kappa shape index (κ1) is 19.6. The zero-order valence-corrected chi connectivity index (χ0v) is 17.1. The van der Waals surface area contributed by atoms with E-state index >= 15 is 0 Å². The van der Waals surface area contributed by atoms with Crippen molar-refractivity contribution in [1.29, 1.82) is 0 Å². The highest BCUT2D eigenvalue weighted by molar-refractivity contribution is 6.08. The van der Waals surface area contributed by atoms with Gasteiger partial charge in [-0.15, -0.1) is 0 Å². The number of nitrogens with zero attached hydrogens (tertiary/aromatic N) is 2. The Bertz CT molecular complexity index is 1030. The lowest BCUT2D eigenvalue weighted by Crippen LogP contribution is -2.29. The van der Waals surface area contributed by atoms with E-state index in [4.69, 9.17) is 5.73 Å². The van der Waals surface area contributed by atoms with Crippen LogP contribution in [0.15, 0.2) is 24.4 Å². The lowest BCUT2D eigenvalue weighted by Gasteiger charge is -2.25. The van der Waals surface area contributed by atoms with Gasteiger partial charge in [-0.1, -0.05) is 20.8 Å². The van der Waals surface area contributed by atoms with Crippen molar-refractivity contribution >= 4 is 28.7 Å². The highest BCUT2D eigenvalue weighted by Crippen LogP contribution is 2.33. The van der Waals surface area contributed by atoms with E-state index in [0.717, 1.165) is 11.5 Å². The molecule has 0 aliphatic rings. The highest BCUT2D eigenvalue weighted by atomic mass is 16.3. The monoisotopic (exact) mass is 384 g/mol. The zero-order chi connectivity index (χ0) is 20.9. The molecule has 1 amide bonds. The van der Waals surface area contributed by atoms with Gasteiger partial charge in [0.1, 0.15) is 22.8 Å². The van der Waals surface area contributed by atoms with Crippen LogP contribution in [0.2, 0.25) is 0 Å². The fourth-order valence-corrected chi connectivity index (χ4v) is 2.92. The minimum absolute atomic E-state index is 0.0792. The van der Waals surface area contributed by atoms with Crippen molar-refractivity contribution < 1.29 is 9.90 Å². The summed E-state index contributed by atoms with van der Waals surface area (Å²) < 4.78 is 1.72. The zero-order valence-electron chi connectivity index (χ0n) is 17.1. The van der Waals surface area contributed by atoms with Crippen molar-refractivity contribution in [2.24, 2.45) is 0 Å². The van der Waals surface area contributed by atoms with Crippen LogP contribution < -0.4 is 16.4 Å². The average molecular weight is 384 g/mol. The summed E-state index contributed by atoms with van der Waals surface area (Å²) in [6.45, 7) is 12.5. The molecule has 0 aliphatic heterocycles. The molecular formula is C20H28N6O2. The first-order valence-electron chi connectivity index (χ1n) is 9.15. The summed E-state index contributed by atoms with van der Waals surface area (Å²) >= 11 is 0. The number of nitrogens with one attached hydrogen (secondary N) is 3. The number of phenolic OH excluding ortho intramolecular Hbond substituents is 1. The number of H-pyrrole nitrogens is 1. The molecule has 0 unspecified atom stereocenters. The number of amides is 1. The Balaban J connectivity index is 2.02. The van der Waals surface area contributed by atoms with Crippen LogP contribution in [0.4, 0.5) is 17.2 Å². The molecule has 150 valence electrons. The number of carbonyl (C=O) groups is 1. The Morgan fingerprint density at radius 2 is 1.89 bits per heavy atom. The number of anilines is 3. The molecule has 0 saturated carbocycles. The molecule has 1 aromatic carbocycles. The molecule has 0 aliphatic carbocycles. The summed E-state index contributed by atoms with van der Waals surface area (Å²) in [4.78, 5) is 16.2. The molecule has 28 heavy (non-hydrogen) atoms. The van der Waals surface area contributed by atoms with E-state index in [0.29, 0.717) is 16.9 Å². The third-order valence-corrected chi connectivity index (χ3v) is 4.24. The van der Waals surface area contributed by atoms with Crippen LogP contribution in [0.5, 0.6) is 5.75 Å². The van der Waals surface area contributed by atoms with Crippen LogP contribution in [-0.2, 0) is 5.41 Å². The van der Waals surface area contributed by atoms with Crippen molar-refractivity contribution in [3.05, 3.63) is 35.7 Å². The van der Waals surface area contributed by atoms with E-state index in [1.54, 1.807) is 10.6 Å². The predicted molar refractivity (Wildman–Crippen MR) is 112 cm³/mol. The number of nitrogens with two attached hydrogens (primary N) is 1. The van der Waals surface area contributed by atoms with Gasteiger partial charge in [0, 0.05) is 22.7 Å². The molecule has 0 spiro atoms. The fourth-order valence-electron chi connectivity index (χ4n) is 2.92. The summed E-state index contributed by atoms with van der Waals surface area (Å²) in [5.74, 6) is 0.423. The average Bonchev–Trinajstić information content (AvgIpc) is 3.09. The maximum absolute atomic E-state index is 12.8. The predicted octanol–water partition coefficient (Wildman–Crippen LogP) is 3.71. The smallest absolute Gasteiger partial charge is 0.261 e. The molecule has 0 saturated heterocycles. The molecular weight excluding hydrogens is 356 g/mol. The molecule has 8 heteroatoms. The molecule has 0 radical (unpaired) electrons. The molecule has 3 rings (SSSR count). The van der Waals surface area contributed by atoms with Crippen molar-refractivity contribution in [1.82, 2.24) is 14.6 Å². The van der Waals surface area contributed by atoms with Gasteiger partial charge in [0.15, 0.2) is 0 Å². The third-order valence-electron chi connectivity index (χ3n) is 4.24. The topological polar surface area (TPSA) is 120 Å². The van der Waals surface area contributed by atoms with E-state index in [2.05, 4.69) is 62.3 Å². The van der Waals surface area contributed by atoms with Crippen molar-refractivity contribution in [3.63, 3.8) is 0 Å². The number of hydrogen-bond donors (Lipinski definition) is 5. The van der Waals surface area contributed by atoms with Crippen LogP contribution in [0, 0.1) is 0 Å². The number of carbonyl (C=O) groups excluding carboxylic acids is 1. The SMILES string of the molecule is CC(C)(C)Nc1c(C(C)(C)C)[nH]c2c(C(=O)Nc3ccc(N)c(O)c3)cnn12. The largest absolute Gasteiger partial charge is 0.506 e. The van der Waals surface area contributed by atoms with Crippen molar-refractivity contribution in [3.8, 4) is 5.75 Å². The number of aromatic hydroxyl groups is 1. The van der Waals surface area contributed by atoms with E-state index in [1.165, 1.54) is 18.3 Å². The lowest BCUT2D eigenvalue weighted by atomic mass is 9.91. The summed E-state index contributed by atoms with van der Waals surface area (Å²) in [6, 6.07) is 4.58. The first-order chi connectivity index (χ1) is 12.9. The summed E-state index contributed by atoms with van der Waals surface area (Å²) in [5, 5.41) is 20.4. The van der Waals surface area contributed by atoms with Crippen molar-refractivity contribution in [2.75, 3.05) is 16.4 Å². The Hall–Kier alpha value is -3.16. The molecule has 8 nitrogen and oxygen atoms in total. The van der Waals surface area contributed by atoms with Gasteiger partial charge in [0.05, 0.1) is 17.6 Å². The van der Waals surface area contributed by atoms with E-state index in [9.17, 15) is 9.90 Å². The maximum Gasteiger partial charge on any atom is 0.261 e. The Morgan fingerprint density at radius 1 is 1.21 bits per heavy atom. The number of phenols is 1. The standard InChI is InChI=1S/C20H28N6O2/c1-19(2,3)15-17(25-20(4,5)6)26-16(24-15)12(10-22-26)18(28)23-11-7-8-13(21)14(27)9-11/h7-10,24-25,27H,21H2,1-6H3,(H,23,28). The Morgan fingerprint density at radius 3 is 2.46 bits per heavy atom. The van der Waals surface area contributed by atoms with Gasteiger partial charge in [-0.25, -0.2) is 0 Å². The molecule has 6 N–H and O–H groups in total. The van der Waals surface area contributed by atoms with Crippen LogP contribution >= 0.6 is 0 Å². The minimum Gasteiger partial charge on any atom is -0.506 e. The van der Waals surface area contributed by atoms with Crippen molar-refractivity contribution in [2.45, 2.75) is 52.5 Å². The normalized spacial score (nSPS) is 12.4.